The van der Waals surface area contributed by atoms with Crippen LogP contribution in [0.4, 0.5) is 0 Å². The molecule has 1 aromatic rings. The molecule has 19 heavy (non-hydrogen) atoms. The Balaban J connectivity index is -0.000000112. The second kappa shape index (κ2) is 17.2. The summed E-state index contributed by atoms with van der Waals surface area (Å²) in [4.78, 5) is 8.73. The molecule has 0 atom stereocenters. The van der Waals surface area contributed by atoms with E-state index >= 15 is 0 Å². The zero-order valence-electron chi connectivity index (χ0n) is 12.4. The van der Waals surface area contributed by atoms with Crippen LogP contribution in [0.25, 0.3) is 0 Å². The van der Waals surface area contributed by atoms with Gasteiger partial charge in [-0.1, -0.05) is 57.5 Å². The van der Waals surface area contributed by atoms with Crippen LogP contribution in [0.1, 0.15) is 44.7 Å². The Morgan fingerprint density at radius 2 is 1.37 bits per heavy atom. The summed E-state index contributed by atoms with van der Waals surface area (Å²) in [6.45, 7) is 10.6. The number of hydrogen-bond acceptors (Lipinski definition) is 1. The van der Waals surface area contributed by atoms with Crippen LogP contribution < -0.4 is 0 Å². The van der Waals surface area contributed by atoms with Crippen molar-refractivity contribution in [3.8, 4) is 0 Å². The molecule has 0 fully saturated rings. The molecule has 1 nitrogen and oxygen atoms in total. The van der Waals surface area contributed by atoms with Crippen LogP contribution in [0.2, 0.25) is 0 Å². The van der Waals surface area contributed by atoms with Crippen molar-refractivity contribution in [2.45, 2.75) is 40.5 Å². The number of rotatable bonds is 3. The summed E-state index contributed by atoms with van der Waals surface area (Å²) >= 11 is 0. The first-order valence-electron chi connectivity index (χ1n) is 6.01. The summed E-state index contributed by atoms with van der Waals surface area (Å²) in [5, 5.41) is 0. The molecule has 0 unspecified atom stereocenters. The standard InChI is InChI=1S/C10H14.C4H11OP.2BrH.Ru/c1-8(2)10-6-4-9(3)5-7-10;1-3-6(5)4-2;;;/h4-8H,1-3H3;5H,3-4H2,1-2H3;2*1H;. The number of benzene rings is 1. The van der Waals surface area contributed by atoms with Gasteiger partial charge in [0.15, 0.2) is 0 Å². The molecule has 0 saturated heterocycles. The van der Waals surface area contributed by atoms with Gasteiger partial charge >= 0.3 is 0 Å². The Hall–Kier alpha value is 1.19. The van der Waals surface area contributed by atoms with Gasteiger partial charge in [0.1, 0.15) is 0 Å². The molecule has 5 heteroatoms. The predicted molar refractivity (Wildman–Crippen MR) is 96.1 cm³/mol. The van der Waals surface area contributed by atoms with Crippen molar-refractivity contribution in [1.29, 1.82) is 0 Å². The molecule has 0 bridgehead atoms. The van der Waals surface area contributed by atoms with Crippen LogP contribution in [0.3, 0.4) is 0 Å². The van der Waals surface area contributed by atoms with Gasteiger partial charge in [-0.2, -0.15) is 0 Å². The van der Waals surface area contributed by atoms with E-state index in [1.165, 1.54) is 11.1 Å². The Labute approximate surface area is 154 Å². The average Bonchev–Trinajstić information content (AvgIpc) is 2.29. The van der Waals surface area contributed by atoms with Crippen LogP contribution in [0.5, 0.6) is 0 Å². The van der Waals surface area contributed by atoms with Gasteiger partial charge in [-0.25, -0.2) is 0 Å². The van der Waals surface area contributed by atoms with E-state index in [-0.39, 0.29) is 53.4 Å². The maximum Gasteiger partial charge on any atom is 0.0245 e. The maximum atomic E-state index is 8.73. The predicted octanol–water partition coefficient (Wildman–Crippen LogP) is 5.69. The molecule has 0 amide bonds. The molecule has 1 N–H and O–H groups in total. The first-order chi connectivity index (χ1) is 7.51. The fraction of sp³-hybridized carbons (Fsp3) is 0.571. The van der Waals surface area contributed by atoms with E-state index in [0.717, 1.165) is 12.3 Å². The number of hydrogen-bond donors (Lipinski definition) is 1. The van der Waals surface area contributed by atoms with Crippen molar-refractivity contribution >= 4 is 42.1 Å². The molecule has 0 aliphatic carbocycles. The average molecular weight is 503 g/mol. The minimum atomic E-state index is -0.576. The van der Waals surface area contributed by atoms with Crippen molar-refractivity contribution < 1.29 is 24.4 Å². The van der Waals surface area contributed by atoms with Crippen molar-refractivity contribution in [2.75, 3.05) is 12.3 Å². The second-order valence-corrected chi connectivity index (χ2v) is 6.48. The molecule has 0 spiro atoms. The molecular formula is C14H27Br2OPRu. The van der Waals surface area contributed by atoms with E-state index in [1.54, 1.807) is 0 Å². The van der Waals surface area contributed by atoms with Crippen molar-refractivity contribution in [1.82, 2.24) is 0 Å². The van der Waals surface area contributed by atoms with Crippen LogP contribution in [0, 0.1) is 6.92 Å². The van der Waals surface area contributed by atoms with E-state index in [0.29, 0.717) is 5.92 Å². The van der Waals surface area contributed by atoms with E-state index in [1.807, 2.05) is 13.8 Å². The Morgan fingerprint density at radius 3 is 1.58 bits per heavy atom. The molecule has 0 heterocycles. The van der Waals surface area contributed by atoms with E-state index < -0.39 is 8.15 Å². The molecule has 1 rings (SSSR count). The smallest absolute Gasteiger partial charge is 0.0245 e. The van der Waals surface area contributed by atoms with Gasteiger partial charge in [0, 0.05) is 27.6 Å². The van der Waals surface area contributed by atoms with Crippen LogP contribution in [0.15, 0.2) is 24.3 Å². The molecule has 1 aromatic carbocycles. The quantitative estimate of drug-likeness (QED) is 0.416. The summed E-state index contributed by atoms with van der Waals surface area (Å²) in [5.74, 6) is 0.653. The van der Waals surface area contributed by atoms with Crippen molar-refractivity contribution in [2.24, 2.45) is 0 Å². The largest absolute Gasteiger partial charge is 0.374 e. The molecule has 116 valence electrons. The van der Waals surface area contributed by atoms with Crippen molar-refractivity contribution in [3.05, 3.63) is 35.4 Å². The van der Waals surface area contributed by atoms with Gasteiger partial charge in [-0.15, -0.1) is 34.0 Å². The first-order valence-corrected chi connectivity index (χ1v) is 7.68. The van der Waals surface area contributed by atoms with Gasteiger partial charge in [-0.05, 0) is 30.7 Å². The van der Waals surface area contributed by atoms with Gasteiger partial charge < -0.3 is 4.89 Å². The zero-order valence-corrected chi connectivity index (χ0v) is 18.4. The summed E-state index contributed by atoms with van der Waals surface area (Å²) < 4.78 is 0. The molecule has 0 aliphatic heterocycles. The zero-order chi connectivity index (χ0) is 12.6. The molecular weight excluding hydrogens is 476 g/mol. The Bertz CT molecular complexity index is 277. The number of halogens is 2. The Kier molecular flexibility index (Phi) is 25.7. The SMILES string of the molecule is Br.Br.CCP(O)CC.Cc1ccc(C(C)C)cc1.[Ru]. The normalized spacial score (nSPS) is 8.63. The number of aryl methyl sites for hydroxylation is 1. The van der Waals surface area contributed by atoms with Gasteiger partial charge in [0.2, 0.25) is 0 Å². The third-order valence-electron chi connectivity index (χ3n) is 2.47. The van der Waals surface area contributed by atoms with Gasteiger partial charge in [0.05, 0.1) is 0 Å². The molecule has 0 aliphatic rings. The third kappa shape index (κ3) is 15.4. The third-order valence-corrected chi connectivity index (χ3v) is 3.93. The maximum absolute atomic E-state index is 8.73. The van der Waals surface area contributed by atoms with Crippen LogP contribution in [-0.2, 0) is 19.5 Å². The van der Waals surface area contributed by atoms with E-state index in [4.69, 9.17) is 4.89 Å². The van der Waals surface area contributed by atoms with Crippen molar-refractivity contribution in [3.63, 3.8) is 0 Å². The summed E-state index contributed by atoms with van der Waals surface area (Å²) in [6.07, 6.45) is 1.90. The monoisotopic (exact) mass is 502 g/mol. The van der Waals surface area contributed by atoms with Gasteiger partial charge in [-0.3, -0.25) is 0 Å². The fourth-order valence-corrected chi connectivity index (χ4v) is 1.62. The molecule has 0 aromatic heterocycles. The topological polar surface area (TPSA) is 20.2 Å². The van der Waals surface area contributed by atoms with Crippen LogP contribution >= 0.6 is 42.1 Å². The Morgan fingerprint density at radius 1 is 1.00 bits per heavy atom. The van der Waals surface area contributed by atoms with Crippen LogP contribution in [-0.4, -0.2) is 17.2 Å². The van der Waals surface area contributed by atoms with E-state index in [2.05, 4.69) is 45.0 Å². The second-order valence-electron chi connectivity index (χ2n) is 4.20. The van der Waals surface area contributed by atoms with Gasteiger partial charge in [0.25, 0.3) is 0 Å². The molecule has 0 radical (unpaired) electrons. The fourth-order valence-electron chi connectivity index (χ4n) is 1.17. The minimum absolute atomic E-state index is 0. The summed E-state index contributed by atoms with van der Waals surface area (Å²) in [6, 6.07) is 8.71. The first kappa shape index (κ1) is 28.4. The summed E-state index contributed by atoms with van der Waals surface area (Å²) in [7, 11) is -0.576. The van der Waals surface area contributed by atoms with E-state index in [9.17, 15) is 0 Å². The molecule has 0 saturated carbocycles. The minimum Gasteiger partial charge on any atom is -0.374 e. The summed E-state index contributed by atoms with van der Waals surface area (Å²) in [5.41, 5.74) is 2.76.